The molecule has 2 unspecified atom stereocenters. The molecule has 1 aliphatic rings. The van der Waals surface area contributed by atoms with Crippen molar-refractivity contribution in [1.29, 1.82) is 0 Å². The summed E-state index contributed by atoms with van der Waals surface area (Å²) >= 11 is 0. The van der Waals surface area contributed by atoms with Crippen molar-refractivity contribution in [3.8, 4) is 0 Å². The molecule has 0 radical (unpaired) electrons. The second-order valence-electron chi connectivity index (χ2n) is 3.64. The van der Waals surface area contributed by atoms with E-state index in [1.807, 2.05) is 0 Å². The van der Waals surface area contributed by atoms with Crippen LogP contribution in [-0.4, -0.2) is 39.0 Å². The highest BCUT2D eigenvalue weighted by Gasteiger charge is 2.30. The van der Waals surface area contributed by atoms with Crippen LogP contribution in [-0.2, 0) is 23.3 Å². The molecule has 94 valence electrons. The zero-order valence-electron chi connectivity index (χ0n) is 9.02. The Bertz CT molecular complexity index is 340. The van der Waals surface area contributed by atoms with E-state index in [4.69, 9.17) is 20.2 Å². The molecule has 0 saturated carbocycles. The van der Waals surface area contributed by atoms with Crippen molar-refractivity contribution in [3.63, 3.8) is 0 Å². The minimum atomic E-state index is -3.59. The Kier molecular flexibility index (Phi) is 5.01. The topological polar surface area (TPSA) is 69.7 Å². The fourth-order valence-corrected chi connectivity index (χ4v) is 2.76. The maximum atomic E-state index is 11.4. The van der Waals surface area contributed by atoms with Gasteiger partial charge in [-0.05, 0) is 26.2 Å². The van der Waals surface area contributed by atoms with Crippen molar-refractivity contribution in [2.45, 2.75) is 38.4 Å². The molecular formula is C9H15ClO5S. The Balaban J connectivity index is 2.50. The molecule has 1 saturated heterocycles. The first-order chi connectivity index (χ1) is 7.42. The van der Waals surface area contributed by atoms with Gasteiger partial charge in [-0.1, -0.05) is 0 Å². The number of halogens is 1. The first-order valence-corrected chi connectivity index (χ1v) is 7.64. The Morgan fingerprint density at radius 3 is 2.75 bits per heavy atom. The molecule has 0 bridgehead atoms. The van der Waals surface area contributed by atoms with Gasteiger partial charge < -0.3 is 9.47 Å². The van der Waals surface area contributed by atoms with E-state index in [1.54, 1.807) is 6.92 Å². The fraction of sp³-hybridized carbons (Fsp3) is 0.889. The number of hydrogen-bond acceptors (Lipinski definition) is 5. The minimum Gasteiger partial charge on any atom is -0.464 e. The molecule has 0 aromatic rings. The summed E-state index contributed by atoms with van der Waals surface area (Å²) in [4.78, 5) is 11.4. The zero-order chi connectivity index (χ0) is 12.2. The normalized spacial score (nSPS) is 26.4. The molecule has 1 aliphatic heterocycles. The second-order valence-corrected chi connectivity index (χ2v) is 6.46. The Labute approximate surface area is 99.5 Å². The molecule has 1 fully saturated rings. The van der Waals surface area contributed by atoms with Crippen molar-refractivity contribution < 1.29 is 22.7 Å². The number of carbonyl (C=O) groups excluding carboxylic acids is 1. The van der Waals surface area contributed by atoms with Crippen LogP contribution in [0, 0.1) is 0 Å². The average molecular weight is 271 g/mol. The molecule has 7 heteroatoms. The SMILES string of the molecule is CCOC(=O)C1CCCC(CS(=O)(=O)Cl)O1. The number of esters is 1. The summed E-state index contributed by atoms with van der Waals surface area (Å²) in [7, 11) is 1.54. The summed E-state index contributed by atoms with van der Waals surface area (Å²) in [5, 5.41) is 0. The lowest BCUT2D eigenvalue weighted by atomic mass is 10.1. The lowest BCUT2D eigenvalue weighted by Crippen LogP contribution is -2.37. The Hall–Kier alpha value is -0.330. The van der Waals surface area contributed by atoms with Gasteiger partial charge in [-0.2, -0.15) is 0 Å². The fourth-order valence-electron chi connectivity index (χ4n) is 1.65. The van der Waals surface area contributed by atoms with Gasteiger partial charge in [0.2, 0.25) is 9.05 Å². The predicted octanol–water partition coefficient (Wildman–Crippen LogP) is 1.06. The monoisotopic (exact) mass is 270 g/mol. The van der Waals surface area contributed by atoms with Crippen molar-refractivity contribution in [1.82, 2.24) is 0 Å². The second kappa shape index (κ2) is 5.84. The predicted molar refractivity (Wildman–Crippen MR) is 58.8 cm³/mol. The van der Waals surface area contributed by atoms with Gasteiger partial charge in [0, 0.05) is 10.7 Å². The molecular weight excluding hydrogens is 256 g/mol. The molecule has 1 heterocycles. The third-order valence-electron chi connectivity index (χ3n) is 2.28. The van der Waals surface area contributed by atoms with Crippen LogP contribution in [0.3, 0.4) is 0 Å². The minimum absolute atomic E-state index is 0.259. The number of rotatable bonds is 4. The molecule has 5 nitrogen and oxygen atoms in total. The van der Waals surface area contributed by atoms with Gasteiger partial charge >= 0.3 is 5.97 Å². The molecule has 0 aromatic heterocycles. The smallest absolute Gasteiger partial charge is 0.335 e. The largest absolute Gasteiger partial charge is 0.464 e. The molecule has 0 aliphatic carbocycles. The van der Waals surface area contributed by atoms with Gasteiger partial charge in [0.1, 0.15) is 0 Å². The van der Waals surface area contributed by atoms with Crippen LogP contribution in [0.15, 0.2) is 0 Å². The van der Waals surface area contributed by atoms with E-state index in [0.29, 0.717) is 12.8 Å². The lowest BCUT2D eigenvalue weighted by molar-refractivity contribution is -0.164. The van der Waals surface area contributed by atoms with Crippen molar-refractivity contribution >= 4 is 25.7 Å². The Morgan fingerprint density at radius 1 is 1.50 bits per heavy atom. The van der Waals surface area contributed by atoms with Crippen molar-refractivity contribution in [2.24, 2.45) is 0 Å². The van der Waals surface area contributed by atoms with Crippen LogP contribution < -0.4 is 0 Å². The number of hydrogen-bond donors (Lipinski definition) is 0. The summed E-state index contributed by atoms with van der Waals surface area (Å²) in [6, 6.07) is 0. The standard InChI is InChI=1S/C9H15ClO5S/c1-2-14-9(11)8-5-3-4-7(15-8)6-16(10,12)13/h7-8H,2-6H2,1H3. The van der Waals surface area contributed by atoms with Crippen molar-refractivity contribution in [2.75, 3.05) is 12.4 Å². The van der Waals surface area contributed by atoms with Crippen molar-refractivity contribution in [3.05, 3.63) is 0 Å². The molecule has 0 spiro atoms. The van der Waals surface area contributed by atoms with Crippen LogP contribution in [0.25, 0.3) is 0 Å². The van der Waals surface area contributed by atoms with E-state index < -0.39 is 27.2 Å². The van der Waals surface area contributed by atoms with Crippen LogP contribution in [0.1, 0.15) is 26.2 Å². The molecule has 2 atom stereocenters. The molecule has 0 amide bonds. The average Bonchev–Trinajstić information content (AvgIpc) is 2.16. The maximum absolute atomic E-state index is 11.4. The van der Waals surface area contributed by atoms with Gasteiger partial charge in [-0.3, -0.25) is 0 Å². The van der Waals surface area contributed by atoms with Gasteiger partial charge in [0.25, 0.3) is 0 Å². The van der Waals surface area contributed by atoms with Crippen LogP contribution in [0.4, 0.5) is 0 Å². The highest BCUT2D eigenvalue weighted by Crippen LogP contribution is 2.22. The first-order valence-electron chi connectivity index (χ1n) is 5.17. The summed E-state index contributed by atoms with van der Waals surface area (Å²) in [6.07, 6.45) is 0.739. The summed E-state index contributed by atoms with van der Waals surface area (Å²) in [6.45, 7) is 2.00. The third kappa shape index (κ3) is 4.67. The van der Waals surface area contributed by atoms with Gasteiger partial charge in [0.05, 0.1) is 18.5 Å². The van der Waals surface area contributed by atoms with Gasteiger partial charge in [0.15, 0.2) is 6.10 Å². The maximum Gasteiger partial charge on any atom is 0.335 e. The summed E-state index contributed by atoms with van der Waals surface area (Å²) in [5.41, 5.74) is 0. The quantitative estimate of drug-likeness (QED) is 0.564. The number of carbonyl (C=O) groups is 1. The highest BCUT2D eigenvalue weighted by molar-refractivity contribution is 8.13. The van der Waals surface area contributed by atoms with Crippen LogP contribution in [0.5, 0.6) is 0 Å². The van der Waals surface area contributed by atoms with E-state index in [9.17, 15) is 13.2 Å². The summed E-state index contributed by atoms with van der Waals surface area (Å²) in [5.74, 6) is -0.691. The summed E-state index contributed by atoms with van der Waals surface area (Å²) < 4.78 is 31.9. The molecule has 1 rings (SSSR count). The molecule has 0 aromatic carbocycles. The molecule has 16 heavy (non-hydrogen) atoms. The highest BCUT2D eigenvalue weighted by atomic mass is 35.7. The number of ether oxygens (including phenoxy) is 2. The third-order valence-corrected chi connectivity index (χ3v) is 3.43. The van der Waals surface area contributed by atoms with E-state index in [1.165, 1.54) is 0 Å². The molecule has 0 N–H and O–H groups in total. The lowest BCUT2D eigenvalue weighted by Gasteiger charge is -2.27. The van der Waals surface area contributed by atoms with E-state index in [0.717, 1.165) is 6.42 Å². The Morgan fingerprint density at radius 2 is 2.19 bits per heavy atom. The van der Waals surface area contributed by atoms with E-state index >= 15 is 0 Å². The van der Waals surface area contributed by atoms with Gasteiger partial charge in [-0.25, -0.2) is 13.2 Å². The van der Waals surface area contributed by atoms with Gasteiger partial charge in [-0.15, -0.1) is 0 Å². The van der Waals surface area contributed by atoms with E-state index in [2.05, 4.69) is 0 Å². The van der Waals surface area contributed by atoms with Crippen LogP contribution >= 0.6 is 10.7 Å². The first kappa shape index (κ1) is 13.7. The zero-order valence-corrected chi connectivity index (χ0v) is 10.6. The van der Waals surface area contributed by atoms with E-state index in [-0.39, 0.29) is 12.4 Å². The van der Waals surface area contributed by atoms with Crippen LogP contribution in [0.2, 0.25) is 0 Å².